The van der Waals surface area contributed by atoms with E-state index in [0.717, 1.165) is 0 Å². The maximum atomic E-state index is 10.8. The Morgan fingerprint density at radius 2 is 1.73 bits per heavy atom. The SMILES string of the molecule is CC(O)CO.CCOC(=O)C(C)OCC. The summed E-state index contributed by atoms with van der Waals surface area (Å²) in [7, 11) is 0. The number of carbonyl (C=O) groups excluding carboxylic acids is 1. The zero-order valence-corrected chi connectivity index (χ0v) is 9.90. The summed E-state index contributed by atoms with van der Waals surface area (Å²) in [5, 5.41) is 16.0. The third-order valence-electron chi connectivity index (χ3n) is 1.30. The Morgan fingerprint density at radius 3 is 2.00 bits per heavy atom. The fourth-order valence-electron chi connectivity index (χ4n) is 0.578. The normalized spacial score (nSPS) is 13.5. The van der Waals surface area contributed by atoms with Crippen LogP contribution in [0.4, 0.5) is 0 Å². The van der Waals surface area contributed by atoms with Crippen LogP contribution in [0.3, 0.4) is 0 Å². The molecule has 5 heteroatoms. The van der Waals surface area contributed by atoms with E-state index in [4.69, 9.17) is 19.7 Å². The summed E-state index contributed by atoms with van der Waals surface area (Å²) >= 11 is 0. The number of esters is 1. The van der Waals surface area contributed by atoms with Gasteiger partial charge in [-0.2, -0.15) is 0 Å². The average Bonchev–Trinajstić information content (AvgIpc) is 2.19. The van der Waals surface area contributed by atoms with Crippen LogP contribution in [0.15, 0.2) is 0 Å². The van der Waals surface area contributed by atoms with Crippen molar-refractivity contribution in [2.75, 3.05) is 19.8 Å². The number of hydrogen-bond acceptors (Lipinski definition) is 5. The van der Waals surface area contributed by atoms with E-state index in [1.807, 2.05) is 6.92 Å². The lowest BCUT2D eigenvalue weighted by molar-refractivity contribution is -0.155. The van der Waals surface area contributed by atoms with Crippen LogP contribution in [-0.4, -0.2) is 48.2 Å². The van der Waals surface area contributed by atoms with Crippen LogP contribution in [0.25, 0.3) is 0 Å². The number of aliphatic hydroxyl groups excluding tert-OH is 2. The van der Waals surface area contributed by atoms with Gasteiger partial charge in [-0.15, -0.1) is 0 Å². The van der Waals surface area contributed by atoms with E-state index in [2.05, 4.69) is 0 Å². The van der Waals surface area contributed by atoms with Gasteiger partial charge in [0.15, 0.2) is 6.10 Å². The molecule has 0 saturated heterocycles. The first-order valence-electron chi connectivity index (χ1n) is 5.06. The van der Waals surface area contributed by atoms with Gasteiger partial charge in [0.25, 0.3) is 0 Å². The molecule has 0 aliphatic rings. The van der Waals surface area contributed by atoms with Crippen molar-refractivity contribution in [2.24, 2.45) is 0 Å². The molecule has 0 radical (unpaired) electrons. The fraction of sp³-hybridized carbons (Fsp3) is 0.900. The molecule has 0 aromatic carbocycles. The minimum absolute atomic E-state index is 0.139. The quantitative estimate of drug-likeness (QED) is 0.656. The molecule has 2 N–H and O–H groups in total. The van der Waals surface area contributed by atoms with Crippen molar-refractivity contribution in [3.8, 4) is 0 Å². The Kier molecular flexibility index (Phi) is 12.8. The van der Waals surface area contributed by atoms with Gasteiger partial charge in [0, 0.05) is 6.61 Å². The Hall–Kier alpha value is -0.650. The molecule has 0 aromatic heterocycles. The molecule has 0 bridgehead atoms. The first-order valence-corrected chi connectivity index (χ1v) is 5.06. The van der Waals surface area contributed by atoms with Crippen molar-refractivity contribution in [3.05, 3.63) is 0 Å². The van der Waals surface area contributed by atoms with Crippen LogP contribution in [-0.2, 0) is 14.3 Å². The van der Waals surface area contributed by atoms with E-state index in [1.165, 1.54) is 6.92 Å². The van der Waals surface area contributed by atoms with E-state index in [1.54, 1.807) is 13.8 Å². The Labute approximate surface area is 91.0 Å². The van der Waals surface area contributed by atoms with Gasteiger partial charge in [-0.05, 0) is 27.7 Å². The van der Waals surface area contributed by atoms with Crippen LogP contribution in [0, 0.1) is 0 Å². The van der Waals surface area contributed by atoms with Gasteiger partial charge < -0.3 is 19.7 Å². The van der Waals surface area contributed by atoms with E-state index in [9.17, 15) is 4.79 Å². The predicted octanol–water partition coefficient (Wildman–Crippen LogP) is 0.334. The summed E-state index contributed by atoms with van der Waals surface area (Å²) in [6, 6.07) is 0. The summed E-state index contributed by atoms with van der Waals surface area (Å²) in [6.45, 7) is 7.64. The molecule has 0 aromatic rings. The van der Waals surface area contributed by atoms with Crippen molar-refractivity contribution in [1.29, 1.82) is 0 Å². The molecule has 0 aliphatic carbocycles. The molecule has 2 atom stereocenters. The zero-order chi connectivity index (χ0) is 12.3. The van der Waals surface area contributed by atoms with Crippen molar-refractivity contribution >= 4 is 5.97 Å². The van der Waals surface area contributed by atoms with Crippen LogP contribution in [0.1, 0.15) is 27.7 Å². The topological polar surface area (TPSA) is 76.0 Å². The summed E-state index contributed by atoms with van der Waals surface area (Å²) in [5.74, 6) is -0.288. The minimum Gasteiger partial charge on any atom is -0.464 e. The molecular formula is C10H22O5. The predicted molar refractivity (Wildman–Crippen MR) is 56.5 cm³/mol. The van der Waals surface area contributed by atoms with Gasteiger partial charge in [-0.1, -0.05) is 0 Å². The van der Waals surface area contributed by atoms with Gasteiger partial charge >= 0.3 is 5.97 Å². The first kappa shape index (κ1) is 16.8. The lowest BCUT2D eigenvalue weighted by Gasteiger charge is -2.08. The number of ether oxygens (including phenoxy) is 2. The van der Waals surface area contributed by atoms with E-state index in [0.29, 0.717) is 13.2 Å². The van der Waals surface area contributed by atoms with Gasteiger partial charge in [0.2, 0.25) is 0 Å². The van der Waals surface area contributed by atoms with Crippen LogP contribution < -0.4 is 0 Å². The highest BCUT2D eigenvalue weighted by Crippen LogP contribution is 1.93. The van der Waals surface area contributed by atoms with Crippen molar-refractivity contribution < 1.29 is 24.5 Å². The molecular weight excluding hydrogens is 200 g/mol. The summed E-state index contributed by atoms with van der Waals surface area (Å²) < 4.78 is 9.67. The third-order valence-corrected chi connectivity index (χ3v) is 1.30. The molecule has 2 unspecified atom stereocenters. The fourth-order valence-corrected chi connectivity index (χ4v) is 0.578. The molecule has 0 amide bonds. The molecule has 0 aliphatic heterocycles. The lowest BCUT2D eigenvalue weighted by atomic mass is 10.4. The van der Waals surface area contributed by atoms with Crippen molar-refractivity contribution in [2.45, 2.75) is 39.9 Å². The molecule has 92 valence electrons. The standard InChI is InChI=1S/C7H14O3.C3H8O2/c1-4-9-6(3)7(8)10-5-2;1-3(5)2-4/h6H,4-5H2,1-3H3;3-5H,2H2,1H3. The van der Waals surface area contributed by atoms with Crippen LogP contribution in [0.2, 0.25) is 0 Å². The second-order valence-corrected chi connectivity index (χ2v) is 2.88. The van der Waals surface area contributed by atoms with Gasteiger partial charge in [0.1, 0.15) is 0 Å². The number of hydrogen-bond donors (Lipinski definition) is 2. The second kappa shape index (κ2) is 11.4. The highest BCUT2D eigenvalue weighted by molar-refractivity contribution is 5.74. The largest absolute Gasteiger partial charge is 0.464 e. The smallest absolute Gasteiger partial charge is 0.334 e. The Balaban J connectivity index is 0. The van der Waals surface area contributed by atoms with Gasteiger partial charge in [0.05, 0.1) is 19.3 Å². The van der Waals surface area contributed by atoms with Gasteiger partial charge in [-0.3, -0.25) is 0 Å². The molecule has 0 heterocycles. The Morgan fingerprint density at radius 1 is 1.27 bits per heavy atom. The second-order valence-electron chi connectivity index (χ2n) is 2.88. The molecule has 15 heavy (non-hydrogen) atoms. The Bertz CT molecular complexity index is 147. The van der Waals surface area contributed by atoms with Crippen LogP contribution >= 0.6 is 0 Å². The lowest BCUT2D eigenvalue weighted by Crippen LogP contribution is -2.23. The maximum absolute atomic E-state index is 10.8. The summed E-state index contributed by atoms with van der Waals surface area (Å²) in [5.41, 5.74) is 0. The maximum Gasteiger partial charge on any atom is 0.334 e. The zero-order valence-electron chi connectivity index (χ0n) is 9.90. The van der Waals surface area contributed by atoms with E-state index in [-0.39, 0.29) is 12.6 Å². The average molecular weight is 222 g/mol. The minimum atomic E-state index is -0.560. The van der Waals surface area contributed by atoms with Crippen molar-refractivity contribution in [3.63, 3.8) is 0 Å². The molecule has 0 spiro atoms. The highest BCUT2D eigenvalue weighted by Gasteiger charge is 2.12. The number of rotatable bonds is 5. The summed E-state index contributed by atoms with van der Waals surface area (Å²) in [6.07, 6.45) is -0.986. The van der Waals surface area contributed by atoms with Crippen LogP contribution in [0.5, 0.6) is 0 Å². The third kappa shape index (κ3) is 13.3. The molecule has 0 rings (SSSR count). The molecule has 0 fully saturated rings. The van der Waals surface area contributed by atoms with E-state index >= 15 is 0 Å². The first-order chi connectivity index (χ1) is 6.99. The van der Waals surface area contributed by atoms with Gasteiger partial charge in [-0.25, -0.2) is 4.79 Å². The highest BCUT2D eigenvalue weighted by atomic mass is 16.6. The molecule has 0 saturated carbocycles. The number of aliphatic hydroxyl groups is 2. The number of carbonyl (C=O) groups is 1. The van der Waals surface area contributed by atoms with E-state index < -0.39 is 12.2 Å². The molecule has 5 nitrogen and oxygen atoms in total. The monoisotopic (exact) mass is 222 g/mol. The van der Waals surface area contributed by atoms with Crippen molar-refractivity contribution in [1.82, 2.24) is 0 Å². The summed E-state index contributed by atoms with van der Waals surface area (Å²) in [4.78, 5) is 10.8.